The van der Waals surface area contributed by atoms with E-state index in [1.165, 1.54) is 37.5 Å². The Labute approximate surface area is 317 Å². The number of benzene rings is 7. The number of hydrogen-bond acceptors (Lipinski definition) is 5. The predicted molar refractivity (Wildman–Crippen MR) is 218 cm³/mol. The minimum Gasteiger partial charge on any atom is -0.0367 e. The van der Waals surface area contributed by atoms with Crippen LogP contribution in [0.2, 0.25) is 0 Å². The summed E-state index contributed by atoms with van der Waals surface area (Å²) in [6.07, 6.45) is 0. The molecule has 7 aromatic carbocycles. The Morgan fingerprint density at radius 1 is 0.333 bits per heavy atom. The van der Waals surface area contributed by atoms with Crippen LogP contribution in [0.3, 0.4) is 0 Å². The average Bonchev–Trinajstić information content (AvgIpc) is 3.63. The molecule has 0 N–H and O–H groups in total. The van der Waals surface area contributed by atoms with E-state index in [0.717, 1.165) is 15.1 Å². The molecule has 0 bridgehead atoms. The third-order valence-electron chi connectivity index (χ3n) is 10.2. The smallest absolute Gasteiger partial charge is 0.0367 e. The third-order valence-corrected chi connectivity index (χ3v) is 16.0. The fourth-order valence-electron chi connectivity index (χ4n) is 7.66. The van der Waals surface area contributed by atoms with Gasteiger partial charge in [-0.1, -0.05) is 12.1 Å². The molecule has 9 rings (SSSR count). The molecule has 2 aliphatic heterocycles. The van der Waals surface area contributed by atoms with Gasteiger partial charge in [0, 0.05) is 0 Å². The van der Waals surface area contributed by atoms with E-state index in [2.05, 4.69) is 72.8 Å². The van der Waals surface area contributed by atoms with Crippen molar-refractivity contribution >= 4 is 75.2 Å². The molecule has 8 heteroatoms. The number of rotatable bonds is 8. The summed E-state index contributed by atoms with van der Waals surface area (Å²) >= 11 is 1.49. The van der Waals surface area contributed by atoms with Crippen molar-refractivity contribution in [3.8, 4) is 0 Å². The number of amides is 4. The van der Waals surface area contributed by atoms with E-state index in [9.17, 15) is 19.2 Å². The van der Waals surface area contributed by atoms with E-state index in [0.29, 0.717) is 33.6 Å². The molecule has 0 atom stereocenters. The number of imide groups is 2. The van der Waals surface area contributed by atoms with Gasteiger partial charge in [0.2, 0.25) is 0 Å². The normalized spacial score (nSPS) is 14.0. The molecule has 0 saturated carbocycles. The van der Waals surface area contributed by atoms with Crippen molar-refractivity contribution < 1.29 is 19.2 Å². The first-order valence-corrected chi connectivity index (χ1v) is 20.3. The SMILES string of the molecule is O=C1c2ccccc2C(=O)N1c1ccc(Sc2ccc(N3C(=O)c4ccc([PH](c5ccccc5)(c5ccccc5)c5ccccc5)cc4C3=O)cc2)cc1. The molecular weight excluding hydrogens is 708 g/mol. The fourth-order valence-corrected chi connectivity index (χ4v) is 13.2. The van der Waals surface area contributed by atoms with Crippen LogP contribution in [0.15, 0.2) is 192 Å². The summed E-state index contributed by atoms with van der Waals surface area (Å²) in [7, 11) is -2.89. The molecule has 0 saturated heterocycles. The van der Waals surface area contributed by atoms with Gasteiger partial charge in [0.05, 0.1) is 16.8 Å². The number of carbonyl (C=O) groups is 4. The van der Waals surface area contributed by atoms with E-state index < -0.39 is 7.26 Å². The second-order valence-corrected chi connectivity index (χ2v) is 18.1. The van der Waals surface area contributed by atoms with E-state index in [1.54, 1.807) is 48.5 Å². The summed E-state index contributed by atoms with van der Waals surface area (Å²) in [5, 5.41) is 4.57. The van der Waals surface area contributed by atoms with Crippen LogP contribution in [0.1, 0.15) is 41.4 Å². The minimum atomic E-state index is -2.89. The van der Waals surface area contributed by atoms with Crippen LogP contribution in [-0.2, 0) is 0 Å². The molecule has 0 radical (unpaired) electrons. The first-order valence-electron chi connectivity index (χ1n) is 17.5. The molecule has 0 unspecified atom stereocenters. The topological polar surface area (TPSA) is 74.8 Å². The monoisotopic (exact) mass is 738 g/mol. The molecule has 0 aromatic heterocycles. The zero-order chi connectivity index (χ0) is 36.8. The minimum absolute atomic E-state index is 0.332. The number of carbonyl (C=O) groups excluding carboxylic acids is 4. The Kier molecular flexibility index (Phi) is 8.38. The van der Waals surface area contributed by atoms with Gasteiger partial charge in [-0.25, -0.2) is 4.90 Å². The Morgan fingerprint density at radius 3 is 1.09 bits per heavy atom. The molecule has 0 fully saturated rings. The standard InChI is InChI=1S/C46H31N2O4PS/c49-43-39-18-10-11-19-40(39)44(50)47(43)31-20-25-37(26-21-31)54-38-27-22-32(23-28-38)48-45(51)41-29-24-36(30-42(41)46(48)52)53(33-12-4-1-5-13-33,34-14-6-2-7-15-34)35-16-8-3-9-17-35/h1-30,53H. The van der Waals surface area contributed by atoms with Gasteiger partial charge in [0.1, 0.15) is 0 Å². The van der Waals surface area contributed by atoms with Crippen molar-refractivity contribution in [2.24, 2.45) is 0 Å². The van der Waals surface area contributed by atoms with Crippen LogP contribution in [0.4, 0.5) is 11.4 Å². The zero-order valence-corrected chi connectivity index (χ0v) is 30.6. The number of nitrogens with zero attached hydrogens (tertiary/aromatic N) is 2. The molecule has 0 aliphatic carbocycles. The van der Waals surface area contributed by atoms with Gasteiger partial charge < -0.3 is 0 Å². The molecule has 260 valence electrons. The summed E-state index contributed by atoms with van der Waals surface area (Å²) in [5.41, 5.74) is 2.59. The summed E-state index contributed by atoms with van der Waals surface area (Å²) in [5.74, 6) is -1.36. The van der Waals surface area contributed by atoms with E-state index in [-0.39, 0.29) is 23.6 Å². The maximum atomic E-state index is 14.2. The molecule has 54 heavy (non-hydrogen) atoms. The van der Waals surface area contributed by atoms with Gasteiger partial charge in [-0.2, -0.15) is 0 Å². The van der Waals surface area contributed by atoms with Crippen LogP contribution in [-0.4, -0.2) is 23.6 Å². The number of fused-ring (bicyclic) bond motifs is 2. The van der Waals surface area contributed by atoms with Crippen molar-refractivity contribution in [2.75, 3.05) is 9.80 Å². The van der Waals surface area contributed by atoms with Crippen molar-refractivity contribution in [2.45, 2.75) is 9.79 Å². The van der Waals surface area contributed by atoms with Gasteiger partial charge in [0.25, 0.3) is 11.8 Å². The van der Waals surface area contributed by atoms with Crippen LogP contribution in [0.5, 0.6) is 0 Å². The van der Waals surface area contributed by atoms with Gasteiger partial charge in [-0.15, -0.1) is 0 Å². The fraction of sp³-hybridized carbons (Fsp3) is 0. The third kappa shape index (κ3) is 5.40. The van der Waals surface area contributed by atoms with Gasteiger partial charge in [-0.3, -0.25) is 9.59 Å². The molecule has 4 amide bonds. The zero-order valence-electron chi connectivity index (χ0n) is 28.8. The summed E-state index contributed by atoms with van der Waals surface area (Å²) in [6.45, 7) is 0. The quantitative estimate of drug-likeness (QED) is 0.118. The van der Waals surface area contributed by atoms with E-state index in [1.807, 2.05) is 60.7 Å². The molecule has 2 aliphatic rings. The first-order chi connectivity index (χ1) is 26.4. The van der Waals surface area contributed by atoms with E-state index >= 15 is 0 Å². The molecule has 0 spiro atoms. The van der Waals surface area contributed by atoms with Crippen molar-refractivity contribution in [1.82, 2.24) is 0 Å². The average molecular weight is 739 g/mol. The Bertz CT molecular complexity index is 2470. The van der Waals surface area contributed by atoms with Gasteiger partial charge in [0.15, 0.2) is 0 Å². The number of hydrogen-bond donors (Lipinski definition) is 0. The molecular formula is C46H31N2O4PS. The van der Waals surface area contributed by atoms with Crippen molar-refractivity contribution in [3.63, 3.8) is 0 Å². The first kappa shape index (κ1) is 33.4. The van der Waals surface area contributed by atoms with Crippen LogP contribution in [0, 0.1) is 0 Å². The second-order valence-electron chi connectivity index (χ2n) is 13.1. The van der Waals surface area contributed by atoms with Crippen molar-refractivity contribution in [3.05, 3.63) is 204 Å². The van der Waals surface area contributed by atoms with Gasteiger partial charge >= 0.3 is 239 Å². The van der Waals surface area contributed by atoms with Crippen LogP contribution < -0.4 is 31.0 Å². The summed E-state index contributed by atoms with van der Waals surface area (Å²) in [4.78, 5) is 58.2. The molecule has 2 heterocycles. The maximum absolute atomic E-state index is 14.2. The number of anilines is 2. The van der Waals surface area contributed by atoms with Gasteiger partial charge in [-0.05, 0) is 24.3 Å². The summed E-state index contributed by atoms with van der Waals surface area (Å²) in [6, 6.07) is 58.6. The van der Waals surface area contributed by atoms with E-state index in [4.69, 9.17) is 0 Å². The van der Waals surface area contributed by atoms with Crippen LogP contribution in [0.25, 0.3) is 0 Å². The Morgan fingerprint density at radius 2 is 0.685 bits per heavy atom. The molecule has 6 nitrogen and oxygen atoms in total. The predicted octanol–water partition coefficient (Wildman–Crippen LogP) is 7.79. The molecule has 7 aromatic rings. The Balaban J connectivity index is 0.997. The van der Waals surface area contributed by atoms with Crippen molar-refractivity contribution in [1.29, 1.82) is 0 Å². The Hall–Kier alpha value is -6.40. The second kappa shape index (κ2) is 13.5. The summed E-state index contributed by atoms with van der Waals surface area (Å²) < 4.78 is 0. The van der Waals surface area contributed by atoms with Crippen LogP contribution >= 0.6 is 19.0 Å².